The van der Waals surface area contributed by atoms with E-state index in [0.29, 0.717) is 17.7 Å². The molecule has 0 radical (unpaired) electrons. The summed E-state index contributed by atoms with van der Waals surface area (Å²) < 4.78 is 21.7. The molecule has 6 heteroatoms. The van der Waals surface area contributed by atoms with Gasteiger partial charge in [-0.05, 0) is 17.7 Å². The van der Waals surface area contributed by atoms with Gasteiger partial charge >= 0.3 is 0 Å². The van der Waals surface area contributed by atoms with E-state index in [1.807, 2.05) is 0 Å². The van der Waals surface area contributed by atoms with Gasteiger partial charge in [0.05, 0.1) is 5.75 Å². The number of anilines is 1. The molecule has 96 valence electrons. The highest BCUT2D eigenvalue weighted by molar-refractivity contribution is 7.88. The van der Waals surface area contributed by atoms with Gasteiger partial charge in [-0.2, -0.15) is 0 Å². The molecule has 1 amide bonds. The summed E-state index contributed by atoms with van der Waals surface area (Å²) in [6.07, 6.45) is 5.69. The van der Waals surface area contributed by atoms with E-state index in [-0.39, 0.29) is 18.1 Å². The van der Waals surface area contributed by atoms with Crippen molar-refractivity contribution in [1.29, 1.82) is 0 Å². The zero-order valence-electron chi connectivity index (χ0n) is 9.72. The maximum absolute atomic E-state index is 11.4. The third-order valence-corrected chi connectivity index (χ3v) is 2.84. The SMILES string of the molecule is C#CCCC(=O)Nc1ccc(CS(N)(=O)=O)cc1. The molecule has 0 atom stereocenters. The van der Waals surface area contributed by atoms with Gasteiger partial charge in [-0.1, -0.05) is 12.1 Å². The number of nitrogens with one attached hydrogen (secondary N) is 1. The van der Waals surface area contributed by atoms with Crippen molar-refractivity contribution in [1.82, 2.24) is 0 Å². The van der Waals surface area contributed by atoms with Gasteiger partial charge in [0.1, 0.15) is 0 Å². The first-order valence-electron chi connectivity index (χ1n) is 5.23. The number of sulfonamides is 1. The second-order valence-corrected chi connectivity index (χ2v) is 5.37. The number of hydrogen-bond acceptors (Lipinski definition) is 3. The smallest absolute Gasteiger partial charge is 0.225 e. The van der Waals surface area contributed by atoms with Crippen LogP contribution in [0.25, 0.3) is 0 Å². The Morgan fingerprint density at radius 1 is 1.33 bits per heavy atom. The molecular weight excluding hydrogens is 252 g/mol. The quantitative estimate of drug-likeness (QED) is 0.773. The molecule has 3 N–H and O–H groups in total. The summed E-state index contributed by atoms with van der Waals surface area (Å²) in [5.41, 5.74) is 1.16. The van der Waals surface area contributed by atoms with E-state index in [9.17, 15) is 13.2 Å². The van der Waals surface area contributed by atoms with Crippen LogP contribution in [0.1, 0.15) is 18.4 Å². The zero-order valence-corrected chi connectivity index (χ0v) is 10.5. The van der Waals surface area contributed by atoms with Crippen molar-refractivity contribution in [3.63, 3.8) is 0 Å². The molecule has 0 aromatic heterocycles. The molecule has 1 rings (SSSR count). The van der Waals surface area contributed by atoms with E-state index < -0.39 is 10.0 Å². The third kappa shape index (κ3) is 5.48. The molecule has 0 saturated heterocycles. The maximum Gasteiger partial charge on any atom is 0.225 e. The summed E-state index contributed by atoms with van der Waals surface area (Å²) in [6, 6.07) is 6.44. The monoisotopic (exact) mass is 266 g/mol. The second-order valence-electron chi connectivity index (χ2n) is 3.76. The van der Waals surface area contributed by atoms with E-state index >= 15 is 0 Å². The number of hydrogen-bond donors (Lipinski definition) is 2. The molecule has 0 saturated carbocycles. The van der Waals surface area contributed by atoms with Crippen LogP contribution in [0.2, 0.25) is 0 Å². The molecule has 18 heavy (non-hydrogen) atoms. The summed E-state index contributed by atoms with van der Waals surface area (Å²) in [6.45, 7) is 0. The van der Waals surface area contributed by atoms with Crippen LogP contribution < -0.4 is 10.5 Å². The summed E-state index contributed by atoms with van der Waals surface area (Å²) in [5, 5.41) is 7.58. The summed E-state index contributed by atoms with van der Waals surface area (Å²) >= 11 is 0. The van der Waals surface area contributed by atoms with Gasteiger partial charge in [0.15, 0.2) is 0 Å². The summed E-state index contributed by atoms with van der Waals surface area (Å²) in [7, 11) is -3.53. The van der Waals surface area contributed by atoms with Gasteiger partial charge in [0, 0.05) is 18.5 Å². The van der Waals surface area contributed by atoms with Crippen LogP contribution in [0.4, 0.5) is 5.69 Å². The molecule has 0 spiro atoms. The molecule has 0 aliphatic rings. The molecular formula is C12H14N2O3S. The van der Waals surface area contributed by atoms with Crippen molar-refractivity contribution in [2.75, 3.05) is 5.32 Å². The van der Waals surface area contributed by atoms with Gasteiger partial charge in [-0.25, -0.2) is 13.6 Å². The Morgan fingerprint density at radius 3 is 2.44 bits per heavy atom. The first-order chi connectivity index (χ1) is 8.40. The Morgan fingerprint density at radius 2 is 1.94 bits per heavy atom. The van der Waals surface area contributed by atoms with Crippen molar-refractivity contribution in [3.05, 3.63) is 29.8 Å². The van der Waals surface area contributed by atoms with Crippen LogP contribution in [0.15, 0.2) is 24.3 Å². The number of benzene rings is 1. The third-order valence-electron chi connectivity index (χ3n) is 2.10. The molecule has 1 aromatic rings. The van der Waals surface area contributed by atoms with Crippen LogP contribution in [-0.2, 0) is 20.6 Å². The number of carbonyl (C=O) groups excluding carboxylic acids is 1. The van der Waals surface area contributed by atoms with E-state index in [1.54, 1.807) is 24.3 Å². The maximum atomic E-state index is 11.4. The standard InChI is InChI=1S/C12H14N2O3S/c1-2-3-4-12(15)14-11-7-5-10(6-8-11)9-18(13,16)17/h1,5-8H,3-4,9H2,(H,14,15)(H2,13,16,17). The summed E-state index contributed by atoms with van der Waals surface area (Å²) in [4.78, 5) is 11.4. The molecule has 1 aromatic carbocycles. The van der Waals surface area contributed by atoms with Crippen LogP contribution in [0.3, 0.4) is 0 Å². The van der Waals surface area contributed by atoms with Gasteiger partial charge in [0.2, 0.25) is 15.9 Å². The Bertz CT molecular complexity index is 556. The van der Waals surface area contributed by atoms with Gasteiger partial charge in [0.25, 0.3) is 0 Å². The van der Waals surface area contributed by atoms with E-state index in [2.05, 4.69) is 11.2 Å². The lowest BCUT2D eigenvalue weighted by atomic mass is 10.2. The Hall–Kier alpha value is -1.84. The predicted octanol–water partition coefficient (Wildman–Crippen LogP) is 0.827. The normalized spacial score (nSPS) is 10.7. The fraction of sp³-hybridized carbons (Fsp3) is 0.250. The molecule has 0 heterocycles. The second kappa shape index (κ2) is 6.19. The lowest BCUT2D eigenvalue weighted by Gasteiger charge is -2.05. The Balaban J connectivity index is 2.61. The Kier molecular flexibility index (Phi) is 4.89. The largest absolute Gasteiger partial charge is 0.326 e. The number of nitrogens with two attached hydrogens (primary N) is 1. The average molecular weight is 266 g/mol. The lowest BCUT2D eigenvalue weighted by molar-refractivity contribution is -0.116. The fourth-order valence-corrected chi connectivity index (χ4v) is 1.98. The first-order valence-corrected chi connectivity index (χ1v) is 6.95. The molecule has 5 nitrogen and oxygen atoms in total. The zero-order chi connectivity index (χ0) is 13.6. The number of carbonyl (C=O) groups is 1. The van der Waals surface area contributed by atoms with Crippen molar-refractivity contribution in [2.24, 2.45) is 5.14 Å². The van der Waals surface area contributed by atoms with Crippen molar-refractivity contribution in [2.45, 2.75) is 18.6 Å². The minimum Gasteiger partial charge on any atom is -0.326 e. The molecule has 0 unspecified atom stereocenters. The van der Waals surface area contributed by atoms with Gasteiger partial charge < -0.3 is 5.32 Å². The number of terminal acetylenes is 1. The number of amides is 1. The highest BCUT2D eigenvalue weighted by Gasteiger charge is 2.05. The summed E-state index contributed by atoms with van der Waals surface area (Å²) in [5.74, 6) is 1.98. The molecule has 0 bridgehead atoms. The average Bonchev–Trinajstić information content (AvgIpc) is 2.27. The minimum absolute atomic E-state index is 0.174. The lowest BCUT2D eigenvalue weighted by Crippen LogP contribution is -2.14. The highest BCUT2D eigenvalue weighted by Crippen LogP contribution is 2.11. The highest BCUT2D eigenvalue weighted by atomic mass is 32.2. The van der Waals surface area contributed by atoms with Crippen molar-refractivity contribution >= 4 is 21.6 Å². The number of rotatable bonds is 5. The van der Waals surface area contributed by atoms with Crippen LogP contribution >= 0.6 is 0 Å². The minimum atomic E-state index is -3.53. The predicted molar refractivity (Wildman–Crippen MR) is 69.9 cm³/mol. The molecule has 0 aliphatic heterocycles. The van der Waals surface area contributed by atoms with E-state index in [4.69, 9.17) is 11.6 Å². The van der Waals surface area contributed by atoms with Gasteiger partial charge in [-0.3, -0.25) is 4.79 Å². The molecule has 0 aliphatic carbocycles. The first kappa shape index (κ1) is 14.2. The van der Waals surface area contributed by atoms with Crippen LogP contribution in [0, 0.1) is 12.3 Å². The number of primary sulfonamides is 1. The Labute approximate surface area is 106 Å². The van der Waals surface area contributed by atoms with Crippen LogP contribution in [-0.4, -0.2) is 14.3 Å². The van der Waals surface area contributed by atoms with Crippen molar-refractivity contribution < 1.29 is 13.2 Å². The van der Waals surface area contributed by atoms with Crippen molar-refractivity contribution in [3.8, 4) is 12.3 Å². The van der Waals surface area contributed by atoms with Gasteiger partial charge in [-0.15, -0.1) is 12.3 Å². The molecule has 0 fully saturated rings. The van der Waals surface area contributed by atoms with Crippen LogP contribution in [0.5, 0.6) is 0 Å². The topological polar surface area (TPSA) is 89.3 Å². The fourth-order valence-electron chi connectivity index (χ4n) is 1.33. The van der Waals surface area contributed by atoms with E-state index in [1.165, 1.54) is 0 Å². The van der Waals surface area contributed by atoms with E-state index in [0.717, 1.165) is 0 Å².